The molecule has 0 radical (unpaired) electrons. The molecule has 1 N–H and O–H groups in total. The zero-order valence-corrected chi connectivity index (χ0v) is 25.0. The zero-order valence-electron chi connectivity index (χ0n) is 25.0. The second-order valence-electron chi connectivity index (χ2n) is 11.0. The number of nitrogens with one attached hydrogen (secondary N) is 1. The van der Waals surface area contributed by atoms with Crippen LogP contribution in [0.2, 0.25) is 0 Å². The molecule has 1 aromatic heterocycles. The largest absolute Gasteiger partial charge is 0.326 e. The van der Waals surface area contributed by atoms with Crippen LogP contribution in [0.3, 0.4) is 0 Å². The summed E-state index contributed by atoms with van der Waals surface area (Å²) in [4.78, 5) is 12.6. The molecule has 218 valence electrons. The molecule has 1 amide bonds. The van der Waals surface area contributed by atoms with E-state index in [0.29, 0.717) is 5.82 Å². The van der Waals surface area contributed by atoms with Gasteiger partial charge in [0.05, 0.1) is 0 Å². The van der Waals surface area contributed by atoms with Crippen molar-refractivity contribution in [3.8, 4) is 22.5 Å². The molecular formula is C38H35N5O. The Balaban J connectivity index is 1.50. The van der Waals surface area contributed by atoms with Gasteiger partial charge in [0.1, 0.15) is 5.54 Å². The smallest absolute Gasteiger partial charge is 0.227 e. The lowest BCUT2D eigenvalue weighted by Gasteiger charge is -2.36. The molecule has 6 rings (SSSR count). The van der Waals surface area contributed by atoms with Crippen LogP contribution in [0, 0.1) is 5.92 Å². The summed E-state index contributed by atoms with van der Waals surface area (Å²) >= 11 is 0. The van der Waals surface area contributed by atoms with Gasteiger partial charge in [-0.2, -0.15) is 0 Å². The maximum atomic E-state index is 12.6. The van der Waals surface area contributed by atoms with Crippen molar-refractivity contribution >= 4 is 11.6 Å². The fourth-order valence-electron chi connectivity index (χ4n) is 5.98. The number of benzene rings is 5. The van der Waals surface area contributed by atoms with Gasteiger partial charge in [-0.1, -0.05) is 148 Å². The highest BCUT2D eigenvalue weighted by Gasteiger charge is 2.42. The van der Waals surface area contributed by atoms with Crippen molar-refractivity contribution in [3.05, 3.63) is 156 Å². The maximum Gasteiger partial charge on any atom is 0.227 e. The number of nitrogens with zero attached hydrogens (tertiary/aromatic N) is 4. The first-order chi connectivity index (χ1) is 21.6. The Morgan fingerprint density at radius 3 is 1.73 bits per heavy atom. The van der Waals surface area contributed by atoms with Crippen molar-refractivity contribution < 1.29 is 4.79 Å². The molecule has 6 aromatic rings. The molecule has 0 aliphatic rings. The van der Waals surface area contributed by atoms with E-state index in [2.05, 4.69) is 107 Å². The van der Waals surface area contributed by atoms with Crippen molar-refractivity contribution in [2.24, 2.45) is 5.92 Å². The molecule has 0 bridgehead atoms. The van der Waals surface area contributed by atoms with Gasteiger partial charge in [0, 0.05) is 17.2 Å². The lowest BCUT2D eigenvalue weighted by Crippen LogP contribution is -2.39. The van der Waals surface area contributed by atoms with Gasteiger partial charge >= 0.3 is 0 Å². The first-order valence-corrected chi connectivity index (χ1v) is 15.1. The first-order valence-electron chi connectivity index (χ1n) is 15.1. The molecule has 44 heavy (non-hydrogen) atoms. The highest BCUT2D eigenvalue weighted by molar-refractivity contribution is 5.92. The quantitative estimate of drug-likeness (QED) is 0.167. The number of carbonyl (C=O) groups is 1. The minimum Gasteiger partial charge on any atom is -0.326 e. The molecule has 1 unspecified atom stereocenters. The number of aromatic nitrogens is 4. The van der Waals surface area contributed by atoms with Gasteiger partial charge in [-0.25, -0.2) is 4.68 Å². The van der Waals surface area contributed by atoms with Gasteiger partial charge in [-0.05, 0) is 56.8 Å². The summed E-state index contributed by atoms with van der Waals surface area (Å²) in [7, 11) is 0. The molecule has 0 fully saturated rings. The van der Waals surface area contributed by atoms with E-state index in [-0.39, 0.29) is 11.8 Å². The average molecular weight is 578 g/mol. The summed E-state index contributed by atoms with van der Waals surface area (Å²) in [6, 6.07) is 47.3. The van der Waals surface area contributed by atoms with Gasteiger partial charge < -0.3 is 5.32 Å². The topological polar surface area (TPSA) is 72.7 Å². The van der Waals surface area contributed by atoms with Crippen molar-refractivity contribution in [2.45, 2.75) is 32.2 Å². The van der Waals surface area contributed by atoms with E-state index in [9.17, 15) is 4.79 Å². The third-order valence-corrected chi connectivity index (χ3v) is 8.16. The second-order valence-corrected chi connectivity index (χ2v) is 11.0. The van der Waals surface area contributed by atoms with Crippen molar-refractivity contribution in [1.82, 2.24) is 20.2 Å². The van der Waals surface area contributed by atoms with E-state index in [1.807, 2.05) is 66.2 Å². The Kier molecular flexibility index (Phi) is 8.41. The number of amides is 1. The Labute approximate surface area is 258 Å². The number of rotatable bonds is 10. The summed E-state index contributed by atoms with van der Waals surface area (Å²) in [5.74, 6) is 0.652. The SMILES string of the molecule is CCCC(C)C(=O)Nc1ccc(-c2ccccc2-c2nnnn2C(c2ccccc2)(c2ccccc2)c2ccccc2)cc1. The molecule has 6 heteroatoms. The van der Waals surface area contributed by atoms with Gasteiger partial charge in [0.2, 0.25) is 5.91 Å². The summed E-state index contributed by atoms with van der Waals surface area (Å²) in [5.41, 5.74) is 5.95. The number of tetrazole rings is 1. The van der Waals surface area contributed by atoms with Crippen LogP contribution in [0.1, 0.15) is 43.4 Å². The highest BCUT2D eigenvalue weighted by Crippen LogP contribution is 2.43. The fraction of sp³-hybridized carbons (Fsp3) is 0.158. The van der Waals surface area contributed by atoms with Gasteiger partial charge in [0.15, 0.2) is 5.82 Å². The highest BCUT2D eigenvalue weighted by atomic mass is 16.1. The number of hydrogen-bond acceptors (Lipinski definition) is 4. The van der Waals surface area contributed by atoms with Crippen LogP contribution in [-0.4, -0.2) is 26.1 Å². The van der Waals surface area contributed by atoms with E-state index < -0.39 is 5.54 Å². The standard InChI is InChI=1S/C38H35N5O/c1-3-15-28(2)37(44)39-33-26-24-29(25-27-33)34-22-13-14-23-35(34)36-40-41-42-43(36)38(30-16-7-4-8-17-30,31-18-9-5-10-19-31)32-20-11-6-12-21-32/h4-14,16-28H,3,15H2,1-2H3,(H,39,44). The zero-order chi connectivity index (χ0) is 30.4. The minimum atomic E-state index is -0.848. The lowest BCUT2D eigenvalue weighted by atomic mass is 9.77. The van der Waals surface area contributed by atoms with Crippen LogP contribution in [0.5, 0.6) is 0 Å². The van der Waals surface area contributed by atoms with E-state index in [1.165, 1.54) is 0 Å². The maximum absolute atomic E-state index is 12.6. The minimum absolute atomic E-state index is 0.0293. The molecule has 1 atom stereocenters. The van der Waals surface area contributed by atoms with Crippen molar-refractivity contribution in [1.29, 1.82) is 0 Å². The van der Waals surface area contributed by atoms with E-state index in [0.717, 1.165) is 51.9 Å². The fourth-order valence-corrected chi connectivity index (χ4v) is 5.98. The van der Waals surface area contributed by atoms with Crippen LogP contribution in [-0.2, 0) is 10.3 Å². The second kappa shape index (κ2) is 12.9. The Morgan fingerprint density at radius 1 is 0.705 bits per heavy atom. The molecule has 0 saturated carbocycles. The van der Waals surface area contributed by atoms with Crippen molar-refractivity contribution in [3.63, 3.8) is 0 Å². The molecular weight excluding hydrogens is 542 g/mol. The predicted octanol–water partition coefficient (Wildman–Crippen LogP) is 8.22. The number of hydrogen-bond donors (Lipinski definition) is 1. The third-order valence-electron chi connectivity index (χ3n) is 8.16. The molecule has 0 spiro atoms. The molecule has 5 aromatic carbocycles. The normalized spacial score (nSPS) is 12.0. The molecule has 6 nitrogen and oxygen atoms in total. The van der Waals surface area contributed by atoms with Crippen LogP contribution in [0.15, 0.2) is 140 Å². The van der Waals surface area contributed by atoms with Crippen LogP contribution in [0.25, 0.3) is 22.5 Å². The molecule has 0 aliphatic carbocycles. The molecule has 0 aliphatic heterocycles. The molecule has 1 heterocycles. The predicted molar refractivity (Wildman–Crippen MR) is 176 cm³/mol. The molecule has 0 saturated heterocycles. The summed E-state index contributed by atoms with van der Waals surface area (Å²) in [6.07, 6.45) is 1.84. The Morgan fingerprint density at radius 2 is 1.20 bits per heavy atom. The van der Waals surface area contributed by atoms with Gasteiger partial charge in [-0.3, -0.25) is 4.79 Å². The summed E-state index contributed by atoms with van der Waals surface area (Å²) in [5, 5.41) is 16.7. The number of carbonyl (C=O) groups excluding carboxylic acids is 1. The monoisotopic (exact) mass is 577 g/mol. The van der Waals surface area contributed by atoms with E-state index >= 15 is 0 Å². The van der Waals surface area contributed by atoms with Crippen LogP contribution >= 0.6 is 0 Å². The van der Waals surface area contributed by atoms with Gasteiger partial charge in [-0.15, -0.1) is 5.10 Å². The average Bonchev–Trinajstić information content (AvgIpc) is 3.57. The third kappa shape index (κ3) is 5.42. The van der Waals surface area contributed by atoms with Crippen molar-refractivity contribution in [2.75, 3.05) is 5.32 Å². The first kappa shape index (κ1) is 28.7. The number of anilines is 1. The Bertz CT molecular complexity index is 1720. The Hall–Kier alpha value is -5.36. The van der Waals surface area contributed by atoms with E-state index in [1.54, 1.807) is 0 Å². The van der Waals surface area contributed by atoms with Crippen LogP contribution < -0.4 is 5.32 Å². The lowest BCUT2D eigenvalue weighted by molar-refractivity contribution is -0.119. The van der Waals surface area contributed by atoms with Crippen LogP contribution in [0.4, 0.5) is 5.69 Å². The summed E-state index contributed by atoms with van der Waals surface area (Å²) in [6.45, 7) is 4.06. The van der Waals surface area contributed by atoms with Gasteiger partial charge in [0.25, 0.3) is 0 Å². The van der Waals surface area contributed by atoms with E-state index in [4.69, 9.17) is 5.21 Å². The summed E-state index contributed by atoms with van der Waals surface area (Å²) < 4.78 is 1.95.